The maximum atomic E-state index is 4.56. The normalized spacial score (nSPS) is 10.8. The van der Waals surface area contributed by atoms with Crippen molar-refractivity contribution in [2.24, 2.45) is 7.05 Å². The molecule has 0 saturated heterocycles. The van der Waals surface area contributed by atoms with Crippen LogP contribution in [0.2, 0.25) is 0 Å². The van der Waals surface area contributed by atoms with Crippen molar-refractivity contribution in [3.05, 3.63) is 47.9 Å². The van der Waals surface area contributed by atoms with E-state index in [4.69, 9.17) is 0 Å². The van der Waals surface area contributed by atoms with Crippen LogP contribution in [0.25, 0.3) is 11.3 Å². The Bertz CT molecular complexity index is 717. The number of aromatic nitrogens is 4. The van der Waals surface area contributed by atoms with Crippen molar-refractivity contribution < 1.29 is 0 Å². The summed E-state index contributed by atoms with van der Waals surface area (Å²) in [6.45, 7) is 2.75. The third-order valence-corrected chi connectivity index (χ3v) is 3.88. The Labute approximate surface area is 127 Å². The zero-order valence-corrected chi connectivity index (χ0v) is 12.9. The molecule has 0 radical (unpaired) electrons. The highest BCUT2D eigenvalue weighted by atomic mass is 32.1. The van der Waals surface area contributed by atoms with Crippen molar-refractivity contribution in [3.63, 3.8) is 0 Å². The van der Waals surface area contributed by atoms with E-state index >= 15 is 0 Å². The lowest BCUT2D eigenvalue weighted by Crippen LogP contribution is -1.99. The monoisotopic (exact) mass is 299 g/mol. The highest BCUT2D eigenvalue weighted by molar-refractivity contribution is 7.09. The number of nitrogens with one attached hydrogen (secondary N) is 1. The molecule has 0 aliphatic carbocycles. The minimum absolute atomic E-state index is 0.691. The Morgan fingerprint density at radius 2 is 2.05 bits per heavy atom. The Morgan fingerprint density at radius 1 is 1.24 bits per heavy atom. The fourth-order valence-electron chi connectivity index (χ4n) is 2.15. The first kappa shape index (κ1) is 13.8. The summed E-state index contributed by atoms with van der Waals surface area (Å²) in [4.78, 5) is 4.42. The third-order valence-electron chi connectivity index (χ3n) is 3.17. The number of hydrogen-bond acceptors (Lipinski definition) is 5. The molecule has 3 aromatic rings. The molecule has 3 rings (SSSR count). The molecular weight excluding hydrogens is 282 g/mol. The second kappa shape index (κ2) is 6.05. The van der Waals surface area contributed by atoms with Gasteiger partial charge in [0.1, 0.15) is 5.82 Å². The van der Waals surface area contributed by atoms with Crippen LogP contribution in [0, 0.1) is 0 Å². The van der Waals surface area contributed by atoms with Gasteiger partial charge in [0.05, 0.1) is 5.69 Å². The van der Waals surface area contributed by atoms with Gasteiger partial charge in [-0.05, 0) is 0 Å². The second-order valence-electron chi connectivity index (χ2n) is 4.77. The number of benzene rings is 1. The van der Waals surface area contributed by atoms with Gasteiger partial charge in [0.15, 0.2) is 0 Å². The van der Waals surface area contributed by atoms with E-state index in [0.29, 0.717) is 6.54 Å². The summed E-state index contributed by atoms with van der Waals surface area (Å²) in [7, 11) is 1.94. The predicted molar refractivity (Wildman–Crippen MR) is 85.3 cm³/mol. The predicted octanol–water partition coefficient (Wildman–Crippen LogP) is 3.11. The lowest BCUT2D eigenvalue weighted by molar-refractivity contribution is 0.770. The molecule has 1 N–H and O–H groups in total. The Hall–Kier alpha value is -2.21. The molecule has 0 aliphatic heterocycles. The molecule has 0 amide bonds. The molecule has 0 bridgehead atoms. The quantitative estimate of drug-likeness (QED) is 0.786. The Morgan fingerprint density at radius 3 is 2.76 bits per heavy atom. The Kier molecular flexibility index (Phi) is 3.96. The van der Waals surface area contributed by atoms with Crippen LogP contribution >= 0.6 is 11.5 Å². The minimum Gasteiger partial charge on any atom is -0.356 e. The number of anilines is 1. The van der Waals surface area contributed by atoms with Gasteiger partial charge in [-0.15, -0.1) is 0 Å². The summed E-state index contributed by atoms with van der Waals surface area (Å²) < 4.78 is 6.12. The first-order chi connectivity index (χ1) is 10.3. The molecule has 2 aromatic heterocycles. The van der Waals surface area contributed by atoms with E-state index in [0.717, 1.165) is 34.2 Å². The molecule has 0 spiro atoms. The minimum atomic E-state index is 0.691. The van der Waals surface area contributed by atoms with Crippen LogP contribution in [0.5, 0.6) is 0 Å². The van der Waals surface area contributed by atoms with E-state index in [1.165, 1.54) is 11.5 Å². The van der Waals surface area contributed by atoms with Gasteiger partial charge in [0.2, 0.25) is 5.13 Å². The van der Waals surface area contributed by atoms with Gasteiger partial charge < -0.3 is 5.32 Å². The fourth-order valence-corrected chi connectivity index (χ4v) is 2.79. The lowest BCUT2D eigenvalue weighted by atomic mass is 10.1. The van der Waals surface area contributed by atoms with Gasteiger partial charge >= 0.3 is 0 Å². The topological polar surface area (TPSA) is 55.6 Å². The number of nitrogens with zero attached hydrogens (tertiary/aromatic N) is 4. The SMILES string of the molecule is CCc1nsc(NCc2cn(C)nc2-c2ccccc2)n1. The van der Waals surface area contributed by atoms with E-state index in [1.54, 1.807) is 0 Å². The van der Waals surface area contributed by atoms with Crippen molar-refractivity contribution in [2.75, 3.05) is 5.32 Å². The van der Waals surface area contributed by atoms with Gasteiger partial charge in [-0.2, -0.15) is 9.47 Å². The average molecular weight is 299 g/mol. The smallest absolute Gasteiger partial charge is 0.202 e. The van der Waals surface area contributed by atoms with Crippen LogP contribution in [0.15, 0.2) is 36.5 Å². The van der Waals surface area contributed by atoms with Crippen molar-refractivity contribution in [1.29, 1.82) is 0 Å². The van der Waals surface area contributed by atoms with Crippen molar-refractivity contribution in [3.8, 4) is 11.3 Å². The van der Waals surface area contributed by atoms with Gasteiger partial charge in [-0.3, -0.25) is 4.68 Å². The molecule has 2 heterocycles. The second-order valence-corrected chi connectivity index (χ2v) is 5.52. The van der Waals surface area contributed by atoms with Crippen LogP contribution < -0.4 is 5.32 Å². The number of aryl methyl sites for hydroxylation is 2. The molecule has 6 heteroatoms. The summed E-state index contributed by atoms with van der Waals surface area (Å²) in [5.41, 5.74) is 3.28. The van der Waals surface area contributed by atoms with E-state index in [1.807, 2.05) is 36.1 Å². The first-order valence-corrected chi connectivity index (χ1v) is 7.68. The zero-order chi connectivity index (χ0) is 14.7. The van der Waals surface area contributed by atoms with Crippen LogP contribution in [0.3, 0.4) is 0 Å². The van der Waals surface area contributed by atoms with E-state index in [2.05, 4.69) is 38.8 Å². The Balaban J connectivity index is 1.79. The molecule has 0 fully saturated rings. The lowest BCUT2D eigenvalue weighted by Gasteiger charge is -2.03. The maximum absolute atomic E-state index is 4.56. The van der Waals surface area contributed by atoms with Gasteiger partial charge in [-0.1, -0.05) is 37.3 Å². The summed E-state index contributed by atoms with van der Waals surface area (Å²) in [6.07, 6.45) is 2.90. The van der Waals surface area contributed by atoms with Crippen LogP contribution in [0.1, 0.15) is 18.3 Å². The van der Waals surface area contributed by atoms with Crippen molar-refractivity contribution >= 4 is 16.7 Å². The van der Waals surface area contributed by atoms with Crippen molar-refractivity contribution in [2.45, 2.75) is 19.9 Å². The number of hydrogen-bond donors (Lipinski definition) is 1. The maximum Gasteiger partial charge on any atom is 0.202 e. The van der Waals surface area contributed by atoms with E-state index in [-0.39, 0.29) is 0 Å². The van der Waals surface area contributed by atoms with Crippen LogP contribution in [-0.4, -0.2) is 19.1 Å². The summed E-state index contributed by atoms with van der Waals surface area (Å²) >= 11 is 1.40. The summed E-state index contributed by atoms with van der Waals surface area (Å²) in [6, 6.07) is 10.2. The molecular formula is C15H17N5S. The molecule has 1 aromatic carbocycles. The fraction of sp³-hybridized carbons (Fsp3) is 0.267. The highest BCUT2D eigenvalue weighted by Gasteiger charge is 2.10. The summed E-state index contributed by atoms with van der Waals surface area (Å²) in [5.74, 6) is 0.886. The molecule has 5 nitrogen and oxygen atoms in total. The molecule has 0 unspecified atom stereocenters. The van der Waals surface area contributed by atoms with Crippen molar-refractivity contribution in [1.82, 2.24) is 19.1 Å². The van der Waals surface area contributed by atoms with Gasteiger partial charge in [0.25, 0.3) is 0 Å². The molecule has 0 saturated carbocycles. The third kappa shape index (κ3) is 3.11. The highest BCUT2D eigenvalue weighted by Crippen LogP contribution is 2.22. The van der Waals surface area contributed by atoms with Crippen LogP contribution in [-0.2, 0) is 20.0 Å². The zero-order valence-electron chi connectivity index (χ0n) is 12.1. The largest absolute Gasteiger partial charge is 0.356 e. The summed E-state index contributed by atoms with van der Waals surface area (Å²) in [5, 5.41) is 8.75. The number of rotatable bonds is 5. The van der Waals surface area contributed by atoms with E-state index in [9.17, 15) is 0 Å². The standard InChI is InChI=1S/C15H17N5S/c1-3-13-17-15(21-19-13)16-9-12-10-20(2)18-14(12)11-7-5-4-6-8-11/h4-8,10H,3,9H2,1-2H3,(H,16,17,19). The average Bonchev–Trinajstić information content (AvgIpc) is 3.12. The molecule has 0 atom stereocenters. The molecule has 0 aliphatic rings. The molecule has 108 valence electrons. The van der Waals surface area contributed by atoms with Gasteiger partial charge in [0, 0.05) is 48.9 Å². The molecule has 21 heavy (non-hydrogen) atoms. The first-order valence-electron chi connectivity index (χ1n) is 6.90. The van der Waals surface area contributed by atoms with E-state index < -0.39 is 0 Å². The van der Waals surface area contributed by atoms with Crippen LogP contribution in [0.4, 0.5) is 5.13 Å². The van der Waals surface area contributed by atoms with Gasteiger partial charge in [-0.25, -0.2) is 4.98 Å².